The van der Waals surface area contributed by atoms with E-state index < -0.39 is 0 Å². The van der Waals surface area contributed by atoms with Gasteiger partial charge in [-0.3, -0.25) is 0 Å². The number of ether oxygens (including phenoxy) is 2. The summed E-state index contributed by atoms with van der Waals surface area (Å²) in [7, 11) is 1.72. The number of rotatable bonds is 8. The van der Waals surface area contributed by atoms with Crippen LogP contribution in [0.1, 0.15) is 38.3 Å². The summed E-state index contributed by atoms with van der Waals surface area (Å²) >= 11 is 0. The molecule has 3 heteroatoms. The smallest absolute Gasteiger partial charge is 0.123 e. The summed E-state index contributed by atoms with van der Waals surface area (Å²) in [5, 5.41) is 3.32. The highest BCUT2D eigenvalue weighted by molar-refractivity contribution is 5.41. The third-order valence-electron chi connectivity index (χ3n) is 3.18. The lowest BCUT2D eigenvalue weighted by molar-refractivity contribution is 0.198. The predicted octanol–water partition coefficient (Wildman–Crippen LogP) is 3.30. The fourth-order valence-electron chi connectivity index (χ4n) is 2.05. The van der Waals surface area contributed by atoms with E-state index in [2.05, 4.69) is 51.2 Å². The van der Waals surface area contributed by atoms with Gasteiger partial charge in [0.2, 0.25) is 0 Å². The Labute approximate surface area is 123 Å². The molecule has 0 atom stereocenters. The Bertz CT molecular complexity index is 396. The minimum atomic E-state index is 0.111. The van der Waals surface area contributed by atoms with Crippen molar-refractivity contribution in [1.29, 1.82) is 0 Å². The fourth-order valence-corrected chi connectivity index (χ4v) is 2.05. The average Bonchev–Trinajstić information content (AvgIpc) is 2.36. The second-order valence-corrected chi connectivity index (χ2v) is 6.19. The molecule has 1 N–H and O–H groups in total. The van der Waals surface area contributed by atoms with Gasteiger partial charge in [0.1, 0.15) is 5.75 Å². The van der Waals surface area contributed by atoms with Gasteiger partial charge in [-0.25, -0.2) is 0 Å². The highest BCUT2D eigenvalue weighted by Crippen LogP contribution is 2.32. The Hall–Kier alpha value is -1.06. The molecular formula is C17H29NO2. The Morgan fingerprint density at radius 1 is 1.10 bits per heavy atom. The van der Waals surface area contributed by atoms with E-state index in [-0.39, 0.29) is 5.41 Å². The third-order valence-corrected chi connectivity index (χ3v) is 3.18. The van der Waals surface area contributed by atoms with Gasteiger partial charge < -0.3 is 14.8 Å². The van der Waals surface area contributed by atoms with Crippen LogP contribution in [-0.2, 0) is 10.2 Å². The molecule has 0 aromatic heterocycles. The van der Waals surface area contributed by atoms with Gasteiger partial charge in [-0.1, -0.05) is 32.9 Å². The van der Waals surface area contributed by atoms with Gasteiger partial charge in [0.15, 0.2) is 0 Å². The molecular weight excluding hydrogens is 250 g/mol. The highest BCUT2D eigenvalue weighted by atomic mass is 16.5. The van der Waals surface area contributed by atoms with E-state index in [4.69, 9.17) is 9.47 Å². The van der Waals surface area contributed by atoms with Gasteiger partial charge in [-0.05, 0) is 42.5 Å². The van der Waals surface area contributed by atoms with Crippen LogP contribution in [0, 0.1) is 6.92 Å². The third kappa shape index (κ3) is 5.93. The van der Waals surface area contributed by atoms with Crippen LogP contribution in [0.2, 0.25) is 0 Å². The fraction of sp³-hybridized carbons (Fsp3) is 0.647. The van der Waals surface area contributed by atoms with Crippen LogP contribution < -0.4 is 10.1 Å². The lowest BCUT2D eigenvalue weighted by Gasteiger charge is -2.23. The lowest BCUT2D eigenvalue weighted by Crippen LogP contribution is -2.22. The SMILES string of the molecule is COCCNCCCOc1cc(C)ccc1C(C)(C)C. The van der Waals surface area contributed by atoms with Crippen LogP contribution in [0.15, 0.2) is 18.2 Å². The maximum absolute atomic E-state index is 5.98. The molecule has 0 amide bonds. The second kappa shape index (κ2) is 8.28. The van der Waals surface area contributed by atoms with E-state index in [1.807, 2.05) is 0 Å². The zero-order valence-corrected chi connectivity index (χ0v) is 13.6. The largest absolute Gasteiger partial charge is 0.493 e. The van der Waals surface area contributed by atoms with Gasteiger partial charge in [-0.15, -0.1) is 0 Å². The predicted molar refractivity (Wildman–Crippen MR) is 84.7 cm³/mol. The molecule has 0 aliphatic carbocycles. The van der Waals surface area contributed by atoms with Gasteiger partial charge in [0.25, 0.3) is 0 Å². The first-order chi connectivity index (χ1) is 9.45. The van der Waals surface area contributed by atoms with Gasteiger partial charge >= 0.3 is 0 Å². The molecule has 0 unspecified atom stereocenters. The molecule has 0 spiro atoms. The molecule has 1 aromatic rings. The molecule has 0 heterocycles. The number of methoxy groups -OCH3 is 1. The zero-order valence-electron chi connectivity index (χ0n) is 13.6. The molecule has 20 heavy (non-hydrogen) atoms. The quantitative estimate of drug-likeness (QED) is 0.741. The molecule has 0 radical (unpaired) electrons. The highest BCUT2D eigenvalue weighted by Gasteiger charge is 2.18. The Morgan fingerprint density at radius 3 is 2.50 bits per heavy atom. The van der Waals surface area contributed by atoms with E-state index in [0.29, 0.717) is 0 Å². The molecule has 0 aliphatic heterocycles. The number of hydrogen-bond acceptors (Lipinski definition) is 3. The van der Waals surface area contributed by atoms with Crippen LogP contribution in [0.25, 0.3) is 0 Å². The molecule has 0 saturated carbocycles. The van der Waals surface area contributed by atoms with Gasteiger partial charge in [0.05, 0.1) is 13.2 Å². The van der Waals surface area contributed by atoms with Gasteiger partial charge in [0, 0.05) is 13.7 Å². The summed E-state index contributed by atoms with van der Waals surface area (Å²) in [5.74, 6) is 1.02. The van der Waals surface area contributed by atoms with E-state index in [1.54, 1.807) is 7.11 Å². The molecule has 114 valence electrons. The molecule has 3 nitrogen and oxygen atoms in total. The minimum Gasteiger partial charge on any atom is -0.493 e. The molecule has 0 fully saturated rings. The van der Waals surface area contributed by atoms with Crippen molar-refractivity contribution in [3.8, 4) is 5.75 Å². The Morgan fingerprint density at radius 2 is 1.85 bits per heavy atom. The topological polar surface area (TPSA) is 30.5 Å². The van der Waals surface area contributed by atoms with Crippen molar-refractivity contribution in [3.05, 3.63) is 29.3 Å². The number of hydrogen-bond donors (Lipinski definition) is 1. The van der Waals surface area contributed by atoms with Crippen LogP contribution in [0.3, 0.4) is 0 Å². The summed E-state index contributed by atoms with van der Waals surface area (Å²) < 4.78 is 11.0. The van der Waals surface area contributed by atoms with Crippen molar-refractivity contribution >= 4 is 0 Å². The van der Waals surface area contributed by atoms with Crippen molar-refractivity contribution < 1.29 is 9.47 Å². The van der Waals surface area contributed by atoms with Crippen molar-refractivity contribution in [2.45, 2.75) is 39.5 Å². The summed E-state index contributed by atoms with van der Waals surface area (Å²) in [5.41, 5.74) is 2.63. The van der Waals surface area contributed by atoms with Crippen molar-refractivity contribution in [3.63, 3.8) is 0 Å². The van der Waals surface area contributed by atoms with E-state index in [1.165, 1.54) is 11.1 Å². The minimum absolute atomic E-state index is 0.111. The van der Waals surface area contributed by atoms with Crippen molar-refractivity contribution in [2.75, 3.05) is 33.4 Å². The number of benzene rings is 1. The van der Waals surface area contributed by atoms with Crippen LogP contribution in [0.4, 0.5) is 0 Å². The van der Waals surface area contributed by atoms with Crippen LogP contribution >= 0.6 is 0 Å². The second-order valence-electron chi connectivity index (χ2n) is 6.19. The Kier molecular flexibility index (Phi) is 7.03. The molecule has 0 saturated heterocycles. The summed E-state index contributed by atoms with van der Waals surface area (Å²) in [6, 6.07) is 6.47. The number of nitrogens with one attached hydrogen (secondary N) is 1. The van der Waals surface area contributed by atoms with E-state index in [9.17, 15) is 0 Å². The van der Waals surface area contributed by atoms with Crippen LogP contribution in [0.5, 0.6) is 5.75 Å². The Balaban J connectivity index is 2.45. The molecule has 0 bridgehead atoms. The summed E-state index contributed by atoms with van der Waals surface area (Å²) in [4.78, 5) is 0. The van der Waals surface area contributed by atoms with Crippen molar-refractivity contribution in [2.24, 2.45) is 0 Å². The van der Waals surface area contributed by atoms with E-state index in [0.717, 1.165) is 38.5 Å². The van der Waals surface area contributed by atoms with Gasteiger partial charge in [-0.2, -0.15) is 0 Å². The standard InChI is InChI=1S/C17H29NO2/c1-14-7-8-15(17(2,3)4)16(13-14)20-11-6-9-18-10-12-19-5/h7-8,13,18H,6,9-12H2,1-5H3. The van der Waals surface area contributed by atoms with E-state index >= 15 is 0 Å². The average molecular weight is 279 g/mol. The summed E-state index contributed by atoms with van der Waals surface area (Å²) in [6.45, 7) is 12.1. The first-order valence-corrected chi connectivity index (χ1v) is 7.38. The maximum Gasteiger partial charge on any atom is 0.123 e. The zero-order chi connectivity index (χ0) is 15.0. The normalized spacial score (nSPS) is 11.7. The molecule has 1 aromatic carbocycles. The first-order valence-electron chi connectivity index (χ1n) is 7.38. The molecule has 1 rings (SSSR count). The summed E-state index contributed by atoms with van der Waals surface area (Å²) in [6.07, 6.45) is 1.00. The molecule has 0 aliphatic rings. The number of aryl methyl sites for hydroxylation is 1. The lowest BCUT2D eigenvalue weighted by atomic mass is 9.86. The van der Waals surface area contributed by atoms with Crippen molar-refractivity contribution in [1.82, 2.24) is 5.32 Å². The first kappa shape index (κ1) is 17.0. The maximum atomic E-state index is 5.98. The monoisotopic (exact) mass is 279 g/mol. The van der Waals surface area contributed by atoms with Crippen LogP contribution in [-0.4, -0.2) is 33.4 Å².